The smallest absolute Gasteiger partial charge is 0.252 e. The Morgan fingerprint density at radius 1 is 1.35 bits per heavy atom. The van der Waals surface area contributed by atoms with E-state index in [1.54, 1.807) is 6.07 Å². The van der Waals surface area contributed by atoms with Crippen LogP contribution in [0, 0.1) is 5.92 Å². The number of piperidine rings is 1. The molecule has 20 heavy (non-hydrogen) atoms. The third-order valence-electron chi connectivity index (χ3n) is 4.32. The maximum Gasteiger partial charge on any atom is 0.252 e. The molecule has 3 rings (SSSR count). The highest BCUT2D eigenvalue weighted by molar-refractivity contribution is 5.37. The Hall–Kier alpha value is -1.36. The first-order valence-electron chi connectivity index (χ1n) is 7.83. The number of anilines is 1. The average Bonchev–Trinajstić information content (AvgIpc) is 3.29. The van der Waals surface area contributed by atoms with Crippen molar-refractivity contribution in [3.8, 4) is 0 Å². The van der Waals surface area contributed by atoms with E-state index >= 15 is 0 Å². The Kier molecular flexibility index (Phi) is 4.05. The summed E-state index contributed by atoms with van der Waals surface area (Å²) in [4.78, 5) is 21.2. The molecule has 110 valence electrons. The quantitative estimate of drug-likeness (QED) is 0.851. The highest BCUT2D eigenvalue weighted by atomic mass is 16.1. The van der Waals surface area contributed by atoms with Crippen molar-refractivity contribution in [2.45, 2.75) is 45.1 Å². The van der Waals surface area contributed by atoms with E-state index in [2.05, 4.69) is 20.2 Å². The van der Waals surface area contributed by atoms with Crippen molar-refractivity contribution in [2.24, 2.45) is 5.92 Å². The summed E-state index contributed by atoms with van der Waals surface area (Å²) in [5.74, 6) is 2.41. The number of nitrogens with zero attached hydrogens (tertiary/aromatic N) is 2. The van der Waals surface area contributed by atoms with Crippen LogP contribution in [0.25, 0.3) is 0 Å². The minimum atomic E-state index is -0.0376. The second kappa shape index (κ2) is 5.95. The second-order valence-corrected chi connectivity index (χ2v) is 6.02. The summed E-state index contributed by atoms with van der Waals surface area (Å²) < 4.78 is 0. The molecule has 1 aliphatic heterocycles. The Morgan fingerprint density at radius 3 is 2.75 bits per heavy atom. The molecule has 5 nitrogen and oxygen atoms in total. The summed E-state index contributed by atoms with van der Waals surface area (Å²) in [5, 5.41) is 3.62. The van der Waals surface area contributed by atoms with Crippen LogP contribution >= 0.6 is 0 Å². The second-order valence-electron chi connectivity index (χ2n) is 6.02. The van der Waals surface area contributed by atoms with E-state index in [4.69, 9.17) is 0 Å². The third kappa shape index (κ3) is 3.39. The molecular weight excluding hydrogens is 252 g/mol. The lowest BCUT2D eigenvalue weighted by Gasteiger charge is -2.33. The number of aryl methyl sites for hydroxylation is 1. The van der Waals surface area contributed by atoms with Gasteiger partial charge in [0.1, 0.15) is 11.6 Å². The average molecular weight is 276 g/mol. The highest BCUT2D eigenvalue weighted by Crippen LogP contribution is 2.23. The van der Waals surface area contributed by atoms with E-state index < -0.39 is 0 Å². The molecule has 1 aromatic rings. The van der Waals surface area contributed by atoms with E-state index in [-0.39, 0.29) is 5.56 Å². The van der Waals surface area contributed by atoms with Gasteiger partial charge in [0.15, 0.2) is 0 Å². The van der Waals surface area contributed by atoms with E-state index in [0.29, 0.717) is 0 Å². The number of H-pyrrole nitrogens is 1. The fourth-order valence-corrected chi connectivity index (χ4v) is 2.81. The van der Waals surface area contributed by atoms with Gasteiger partial charge in [-0.25, -0.2) is 4.98 Å². The standard InChI is InChI=1S/C15H24N4O/c1-2-13-17-14(9-15(20)18-13)19-7-5-11(6-8-19)10-16-12-3-4-12/h9,11-12,16H,2-8,10H2,1H3,(H,17,18,20). The van der Waals surface area contributed by atoms with E-state index in [9.17, 15) is 4.79 Å². The number of rotatable bonds is 5. The monoisotopic (exact) mass is 276 g/mol. The van der Waals surface area contributed by atoms with Crippen molar-refractivity contribution in [1.29, 1.82) is 0 Å². The molecule has 0 bridgehead atoms. The molecule has 1 aromatic heterocycles. The number of aromatic nitrogens is 2. The molecule has 0 unspecified atom stereocenters. The van der Waals surface area contributed by atoms with Gasteiger partial charge in [0.05, 0.1) is 0 Å². The van der Waals surface area contributed by atoms with Crippen molar-refractivity contribution in [2.75, 3.05) is 24.5 Å². The summed E-state index contributed by atoms with van der Waals surface area (Å²) >= 11 is 0. The van der Waals surface area contributed by atoms with Gasteiger partial charge >= 0.3 is 0 Å². The zero-order valence-electron chi connectivity index (χ0n) is 12.2. The van der Waals surface area contributed by atoms with Crippen LogP contribution in [0.5, 0.6) is 0 Å². The molecule has 1 aliphatic carbocycles. The molecule has 0 atom stereocenters. The molecule has 0 spiro atoms. The summed E-state index contributed by atoms with van der Waals surface area (Å²) in [6.45, 7) is 5.19. The minimum Gasteiger partial charge on any atom is -0.356 e. The summed E-state index contributed by atoms with van der Waals surface area (Å²) in [5.41, 5.74) is -0.0376. The van der Waals surface area contributed by atoms with Crippen LogP contribution in [0.3, 0.4) is 0 Å². The maximum atomic E-state index is 11.6. The number of hydrogen-bond donors (Lipinski definition) is 2. The van der Waals surface area contributed by atoms with Gasteiger partial charge in [0.2, 0.25) is 0 Å². The van der Waals surface area contributed by atoms with Crippen LogP contribution in [0.15, 0.2) is 10.9 Å². The van der Waals surface area contributed by atoms with Crippen molar-refractivity contribution < 1.29 is 0 Å². The Balaban J connectivity index is 1.56. The predicted octanol–water partition coefficient (Wildman–Crippen LogP) is 1.30. The third-order valence-corrected chi connectivity index (χ3v) is 4.32. The van der Waals surface area contributed by atoms with Crippen molar-refractivity contribution in [3.05, 3.63) is 22.2 Å². The van der Waals surface area contributed by atoms with Crippen LogP contribution in [-0.2, 0) is 6.42 Å². The number of hydrogen-bond acceptors (Lipinski definition) is 4. The van der Waals surface area contributed by atoms with E-state index in [1.165, 1.54) is 25.7 Å². The lowest BCUT2D eigenvalue weighted by molar-refractivity contribution is 0.380. The molecule has 2 heterocycles. The lowest BCUT2D eigenvalue weighted by Crippen LogP contribution is -2.38. The van der Waals surface area contributed by atoms with Crippen LogP contribution in [0.2, 0.25) is 0 Å². The van der Waals surface area contributed by atoms with Crippen molar-refractivity contribution in [3.63, 3.8) is 0 Å². The summed E-state index contributed by atoms with van der Waals surface area (Å²) in [6.07, 6.45) is 5.86. The maximum absolute atomic E-state index is 11.6. The fraction of sp³-hybridized carbons (Fsp3) is 0.733. The normalized spacial score (nSPS) is 20.4. The van der Waals surface area contributed by atoms with E-state index in [0.717, 1.165) is 49.7 Å². The van der Waals surface area contributed by atoms with Crippen molar-refractivity contribution >= 4 is 5.82 Å². The fourth-order valence-electron chi connectivity index (χ4n) is 2.81. The molecule has 2 aliphatic rings. The lowest BCUT2D eigenvalue weighted by atomic mass is 9.97. The molecular formula is C15H24N4O. The van der Waals surface area contributed by atoms with Gasteiger partial charge in [0.25, 0.3) is 5.56 Å². The molecule has 5 heteroatoms. The molecule has 0 radical (unpaired) electrons. The Bertz CT molecular complexity index is 501. The first-order chi connectivity index (χ1) is 9.74. The number of nitrogens with one attached hydrogen (secondary N) is 2. The summed E-state index contributed by atoms with van der Waals surface area (Å²) in [6, 6.07) is 2.43. The van der Waals surface area contributed by atoms with Crippen LogP contribution in [-0.4, -0.2) is 35.6 Å². The SMILES string of the molecule is CCc1nc(N2CCC(CNC3CC3)CC2)cc(=O)[nH]1. The van der Waals surface area contributed by atoms with Gasteiger partial charge in [-0.05, 0) is 38.1 Å². The predicted molar refractivity (Wildman–Crippen MR) is 80.2 cm³/mol. The van der Waals surface area contributed by atoms with Gasteiger partial charge in [0, 0.05) is 31.6 Å². The summed E-state index contributed by atoms with van der Waals surface area (Å²) in [7, 11) is 0. The van der Waals surface area contributed by atoms with Gasteiger partial charge in [-0.2, -0.15) is 0 Å². The first kappa shape index (κ1) is 13.6. The molecule has 2 N–H and O–H groups in total. The van der Waals surface area contributed by atoms with Crippen LogP contribution in [0.1, 0.15) is 38.4 Å². The van der Waals surface area contributed by atoms with Crippen LogP contribution < -0.4 is 15.8 Å². The van der Waals surface area contributed by atoms with Gasteiger partial charge in [-0.1, -0.05) is 6.92 Å². The molecule has 1 saturated carbocycles. The van der Waals surface area contributed by atoms with Gasteiger partial charge < -0.3 is 15.2 Å². The topological polar surface area (TPSA) is 61.0 Å². The zero-order chi connectivity index (χ0) is 13.9. The van der Waals surface area contributed by atoms with Crippen molar-refractivity contribution in [1.82, 2.24) is 15.3 Å². The van der Waals surface area contributed by atoms with E-state index in [1.807, 2.05) is 6.92 Å². The largest absolute Gasteiger partial charge is 0.356 e. The first-order valence-corrected chi connectivity index (χ1v) is 7.83. The minimum absolute atomic E-state index is 0.0376. The van der Waals surface area contributed by atoms with Gasteiger partial charge in [-0.3, -0.25) is 4.79 Å². The highest BCUT2D eigenvalue weighted by Gasteiger charge is 2.24. The Labute approximate surface area is 119 Å². The molecule has 0 aromatic carbocycles. The molecule has 2 fully saturated rings. The molecule has 0 amide bonds. The number of aromatic amines is 1. The Morgan fingerprint density at radius 2 is 2.10 bits per heavy atom. The molecule has 1 saturated heterocycles. The van der Waals surface area contributed by atoms with Gasteiger partial charge in [-0.15, -0.1) is 0 Å². The zero-order valence-corrected chi connectivity index (χ0v) is 12.2. The van der Waals surface area contributed by atoms with Crippen LogP contribution in [0.4, 0.5) is 5.82 Å².